The number of aliphatic hydroxyl groups is 2. The van der Waals surface area contributed by atoms with Crippen LogP contribution in [0.1, 0.15) is 94.4 Å². The Morgan fingerprint density at radius 3 is 2.21 bits per heavy atom. The summed E-state index contributed by atoms with van der Waals surface area (Å²) in [6, 6.07) is 0. The number of carbonyl (C=O) groups excluding carboxylic acids is 3. The number of Topliss-reactive ketones (excluding diaryl/α,β-unsaturated/α-hetero) is 3. The molecule has 0 bridgehead atoms. The number of hydrogen-bond acceptors (Lipinski definition) is 7. The quantitative estimate of drug-likeness (QED) is 0.512. The summed E-state index contributed by atoms with van der Waals surface area (Å²) < 4.78 is 12.5. The Morgan fingerprint density at radius 1 is 0.949 bits per heavy atom. The van der Waals surface area contributed by atoms with E-state index in [1.165, 1.54) is 0 Å². The van der Waals surface area contributed by atoms with Crippen LogP contribution in [0.4, 0.5) is 0 Å². The summed E-state index contributed by atoms with van der Waals surface area (Å²) in [4.78, 5) is 41.3. The highest BCUT2D eigenvalue weighted by Gasteiger charge is 2.75. The van der Waals surface area contributed by atoms with Gasteiger partial charge in [0.1, 0.15) is 17.5 Å². The topological polar surface area (TPSA) is 110 Å². The maximum absolute atomic E-state index is 14.5. The second kappa shape index (κ2) is 8.56. The second-order valence-corrected chi connectivity index (χ2v) is 15.1. The van der Waals surface area contributed by atoms with Crippen LogP contribution in [0.25, 0.3) is 0 Å². The molecule has 2 N–H and O–H groups in total. The molecule has 7 nitrogen and oxygen atoms in total. The van der Waals surface area contributed by atoms with Crippen LogP contribution < -0.4 is 0 Å². The van der Waals surface area contributed by atoms with Gasteiger partial charge in [-0.2, -0.15) is 0 Å². The molecule has 0 aromatic heterocycles. The molecular formula is C32H48O7. The van der Waals surface area contributed by atoms with Gasteiger partial charge in [-0.25, -0.2) is 0 Å². The molecule has 0 radical (unpaired) electrons. The highest BCUT2D eigenvalue weighted by atomic mass is 16.6. The number of ether oxygens (including phenoxy) is 2. The molecule has 0 aromatic carbocycles. The Hall–Kier alpha value is -1.41. The van der Waals surface area contributed by atoms with Gasteiger partial charge < -0.3 is 19.7 Å². The van der Waals surface area contributed by atoms with Crippen LogP contribution in [0.5, 0.6) is 0 Å². The number of hydrogen-bond donors (Lipinski definition) is 2. The normalized spacial score (nSPS) is 50.6. The first-order valence-corrected chi connectivity index (χ1v) is 14.8. The zero-order valence-electron chi connectivity index (χ0n) is 25.2. The van der Waals surface area contributed by atoms with Crippen LogP contribution in [0.3, 0.4) is 0 Å². The highest BCUT2D eigenvalue weighted by molar-refractivity contribution is 5.93. The van der Waals surface area contributed by atoms with E-state index in [0.29, 0.717) is 19.4 Å². The van der Waals surface area contributed by atoms with Crippen molar-refractivity contribution in [2.24, 2.45) is 39.4 Å². The van der Waals surface area contributed by atoms with Crippen LogP contribution in [-0.2, 0) is 23.9 Å². The first-order chi connectivity index (χ1) is 17.8. The fraction of sp³-hybridized carbons (Fsp3) is 0.844. The van der Waals surface area contributed by atoms with Gasteiger partial charge in [0.2, 0.25) is 0 Å². The zero-order chi connectivity index (χ0) is 29.1. The largest absolute Gasteiger partial charge is 0.393 e. The molecule has 4 fully saturated rings. The van der Waals surface area contributed by atoms with Gasteiger partial charge in [-0.1, -0.05) is 46.3 Å². The lowest BCUT2D eigenvalue weighted by atomic mass is 9.38. The van der Waals surface area contributed by atoms with E-state index in [-0.39, 0.29) is 54.6 Å². The summed E-state index contributed by atoms with van der Waals surface area (Å²) in [6.45, 7) is 18.1. The average Bonchev–Trinajstić information content (AvgIpc) is 3.02. The summed E-state index contributed by atoms with van der Waals surface area (Å²) in [7, 11) is 0. The van der Waals surface area contributed by atoms with Gasteiger partial charge >= 0.3 is 0 Å². The predicted octanol–water partition coefficient (Wildman–Crippen LogP) is 4.21. The molecule has 3 saturated carbocycles. The monoisotopic (exact) mass is 544 g/mol. The second-order valence-electron chi connectivity index (χ2n) is 15.1. The number of ketones is 3. The van der Waals surface area contributed by atoms with Gasteiger partial charge in [-0.05, 0) is 63.2 Å². The van der Waals surface area contributed by atoms with Crippen molar-refractivity contribution in [3.05, 3.63) is 11.6 Å². The Kier molecular flexibility index (Phi) is 6.38. The molecule has 1 saturated heterocycles. The zero-order valence-corrected chi connectivity index (χ0v) is 25.2. The van der Waals surface area contributed by atoms with E-state index in [2.05, 4.69) is 19.9 Å². The standard InChI is InChI=1S/C32H48O7/c1-10-38-24-14-22(35)32(9,39-28(24,4)5)25-20(34)15-29(6)21-12-11-17-18(13-19(33)26(37)27(17,2)3)31(21,8)23(36)16-30(25,29)7/h11,18,20-21,24-26,34,37H,10,12-16H2,1-9H3/t18-,20+,21-,24+,25-,26+,29-,30+,31?,32-/m0/s1. The van der Waals surface area contributed by atoms with Crippen molar-refractivity contribution in [3.8, 4) is 0 Å². The molecule has 1 aliphatic heterocycles. The fourth-order valence-electron chi connectivity index (χ4n) is 10.3. The molecule has 5 aliphatic rings. The Balaban J connectivity index is 1.59. The third-order valence-electron chi connectivity index (χ3n) is 12.6. The van der Waals surface area contributed by atoms with E-state index in [4.69, 9.17) is 9.47 Å². The molecule has 39 heavy (non-hydrogen) atoms. The molecular weight excluding hydrogens is 496 g/mol. The van der Waals surface area contributed by atoms with E-state index in [0.717, 1.165) is 5.57 Å². The summed E-state index contributed by atoms with van der Waals surface area (Å²) in [5, 5.41) is 22.5. The van der Waals surface area contributed by atoms with Crippen molar-refractivity contribution in [2.75, 3.05) is 6.61 Å². The lowest BCUT2D eigenvalue weighted by molar-refractivity contribution is -0.251. The first kappa shape index (κ1) is 29.1. The van der Waals surface area contributed by atoms with E-state index >= 15 is 0 Å². The number of carbonyl (C=O) groups is 3. The minimum Gasteiger partial charge on any atom is -0.393 e. The molecule has 218 valence electrons. The van der Waals surface area contributed by atoms with Crippen LogP contribution >= 0.6 is 0 Å². The van der Waals surface area contributed by atoms with E-state index in [9.17, 15) is 24.6 Å². The van der Waals surface area contributed by atoms with Crippen molar-refractivity contribution in [3.63, 3.8) is 0 Å². The van der Waals surface area contributed by atoms with Gasteiger partial charge in [-0.3, -0.25) is 14.4 Å². The summed E-state index contributed by atoms with van der Waals surface area (Å²) in [5.41, 5.74) is -3.68. The lowest BCUT2D eigenvalue weighted by Crippen LogP contribution is -2.68. The van der Waals surface area contributed by atoms with Crippen molar-refractivity contribution < 1.29 is 34.1 Å². The van der Waals surface area contributed by atoms with Crippen molar-refractivity contribution in [1.29, 1.82) is 0 Å². The van der Waals surface area contributed by atoms with Crippen LogP contribution in [0.15, 0.2) is 11.6 Å². The molecule has 7 heteroatoms. The van der Waals surface area contributed by atoms with Crippen molar-refractivity contribution >= 4 is 17.3 Å². The molecule has 5 rings (SSSR count). The maximum atomic E-state index is 14.5. The first-order valence-electron chi connectivity index (χ1n) is 14.8. The smallest absolute Gasteiger partial charge is 0.167 e. The number of rotatable bonds is 3. The SMILES string of the molecule is CCO[C@@H]1CC(=O)[C@@](C)([C@H]2[C@H](O)C[C@@]3(C)[C@@H]4CC=C5[C@H](CC(=O)[C@@H](O)C5(C)C)C4(C)C(=O)C[C@]23C)OC1(C)C. The van der Waals surface area contributed by atoms with Crippen LogP contribution in [-0.4, -0.2) is 63.7 Å². The van der Waals surface area contributed by atoms with Gasteiger partial charge in [0.25, 0.3) is 0 Å². The van der Waals surface area contributed by atoms with Gasteiger partial charge in [-0.15, -0.1) is 0 Å². The van der Waals surface area contributed by atoms with Crippen LogP contribution in [0.2, 0.25) is 0 Å². The van der Waals surface area contributed by atoms with Crippen LogP contribution in [0, 0.1) is 39.4 Å². The van der Waals surface area contributed by atoms with Crippen molar-refractivity contribution in [1.82, 2.24) is 0 Å². The molecule has 1 unspecified atom stereocenters. The summed E-state index contributed by atoms with van der Waals surface area (Å²) >= 11 is 0. The number of fused-ring (bicyclic) bond motifs is 5. The summed E-state index contributed by atoms with van der Waals surface area (Å²) in [5.74, 6) is -1.17. The van der Waals surface area contributed by atoms with E-state index in [1.807, 2.05) is 48.5 Å². The predicted molar refractivity (Wildman–Crippen MR) is 146 cm³/mol. The lowest BCUT2D eigenvalue weighted by Gasteiger charge is -2.65. The number of aliphatic hydroxyl groups excluding tert-OH is 2. The molecule has 10 atom stereocenters. The van der Waals surface area contributed by atoms with Gasteiger partial charge in [0.05, 0.1) is 17.8 Å². The number of allylic oxidation sites excluding steroid dienone is 1. The van der Waals surface area contributed by atoms with E-state index in [1.54, 1.807) is 0 Å². The average molecular weight is 545 g/mol. The molecule has 0 spiro atoms. The Labute approximate surface area is 233 Å². The third kappa shape index (κ3) is 3.52. The molecule has 0 aromatic rings. The molecule has 0 amide bonds. The van der Waals surface area contributed by atoms with Gasteiger partial charge in [0, 0.05) is 42.6 Å². The minimum absolute atomic E-state index is 0.0838. The Morgan fingerprint density at radius 2 is 1.59 bits per heavy atom. The van der Waals surface area contributed by atoms with Gasteiger partial charge in [0.15, 0.2) is 11.6 Å². The molecule has 4 aliphatic carbocycles. The third-order valence-corrected chi connectivity index (χ3v) is 12.6. The minimum atomic E-state index is -1.26. The Bertz CT molecular complexity index is 1140. The highest BCUT2D eigenvalue weighted by Crippen LogP contribution is 2.74. The van der Waals surface area contributed by atoms with E-state index < -0.39 is 51.0 Å². The molecule has 1 heterocycles. The summed E-state index contributed by atoms with van der Waals surface area (Å²) in [6.07, 6.45) is 1.55. The fourth-order valence-corrected chi connectivity index (χ4v) is 10.3. The maximum Gasteiger partial charge on any atom is 0.167 e. The van der Waals surface area contributed by atoms with Crippen molar-refractivity contribution in [2.45, 2.75) is 124 Å².